The lowest BCUT2D eigenvalue weighted by Gasteiger charge is -2.19. The predicted molar refractivity (Wildman–Crippen MR) is 69.1 cm³/mol. The molecule has 2 N–H and O–H groups in total. The molecular formula is C13H23N3O. The maximum atomic E-state index is 5.51. The number of nitrogens with one attached hydrogen (secondary N) is 2. The maximum absolute atomic E-state index is 5.51. The average molecular weight is 237 g/mol. The Morgan fingerprint density at radius 2 is 2.29 bits per heavy atom. The SMILES string of the molecule is Cc1ccc(CNCCN2CCCNCC2)o1. The van der Waals surface area contributed by atoms with Gasteiger partial charge in [0, 0.05) is 26.2 Å². The average Bonchev–Trinajstić information content (AvgIpc) is 2.59. The molecule has 0 aromatic carbocycles. The second kappa shape index (κ2) is 6.79. The molecule has 0 unspecified atom stereocenters. The van der Waals surface area contributed by atoms with Gasteiger partial charge in [-0.25, -0.2) is 0 Å². The molecule has 0 aliphatic carbocycles. The van der Waals surface area contributed by atoms with Gasteiger partial charge in [-0.2, -0.15) is 0 Å². The van der Waals surface area contributed by atoms with Gasteiger partial charge in [-0.3, -0.25) is 0 Å². The molecule has 1 fully saturated rings. The Labute approximate surface area is 103 Å². The molecule has 1 aromatic heterocycles. The fourth-order valence-electron chi connectivity index (χ4n) is 2.15. The summed E-state index contributed by atoms with van der Waals surface area (Å²) in [5, 5.41) is 6.85. The number of rotatable bonds is 5. The Morgan fingerprint density at radius 3 is 3.12 bits per heavy atom. The summed E-state index contributed by atoms with van der Waals surface area (Å²) < 4.78 is 5.51. The topological polar surface area (TPSA) is 40.4 Å². The molecule has 0 spiro atoms. The van der Waals surface area contributed by atoms with E-state index >= 15 is 0 Å². The highest BCUT2D eigenvalue weighted by Gasteiger charge is 2.07. The standard InChI is InChI=1S/C13H23N3O/c1-12-3-4-13(17-12)11-15-7-10-16-8-2-5-14-6-9-16/h3-4,14-15H,2,5-11H2,1H3. The van der Waals surface area contributed by atoms with Gasteiger partial charge in [-0.15, -0.1) is 0 Å². The van der Waals surface area contributed by atoms with Crippen LogP contribution in [0, 0.1) is 6.92 Å². The van der Waals surface area contributed by atoms with Crippen molar-refractivity contribution in [1.82, 2.24) is 15.5 Å². The van der Waals surface area contributed by atoms with Gasteiger partial charge in [-0.1, -0.05) is 0 Å². The molecule has 1 aliphatic rings. The highest BCUT2D eigenvalue weighted by atomic mass is 16.3. The number of hydrogen-bond acceptors (Lipinski definition) is 4. The molecule has 2 heterocycles. The van der Waals surface area contributed by atoms with Gasteiger partial charge in [0.05, 0.1) is 6.54 Å². The highest BCUT2D eigenvalue weighted by Crippen LogP contribution is 2.05. The van der Waals surface area contributed by atoms with Crippen LogP contribution in [0.15, 0.2) is 16.5 Å². The molecule has 2 rings (SSSR count). The van der Waals surface area contributed by atoms with Crippen molar-refractivity contribution in [1.29, 1.82) is 0 Å². The van der Waals surface area contributed by atoms with Crippen molar-refractivity contribution < 1.29 is 4.42 Å². The summed E-state index contributed by atoms with van der Waals surface area (Å²) in [7, 11) is 0. The van der Waals surface area contributed by atoms with E-state index < -0.39 is 0 Å². The normalized spacial score (nSPS) is 18.2. The second-order valence-electron chi connectivity index (χ2n) is 4.63. The minimum Gasteiger partial charge on any atom is -0.465 e. The largest absolute Gasteiger partial charge is 0.465 e. The summed E-state index contributed by atoms with van der Waals surface area (Å²) in [4.78, 5) is 2.51. The first kappa shape index (κ1) is 12.6. The Hall–Kier alpha value is -0.840. The van der Waals surface area contributed by atoms with Crippen LogP contribution in [-0.2, 0) is 6.54 Å². The van der Waals surface area contributed by atoms with E-state index in [2.05, 4.69) is 15.5 Å². The molecule has 1 aromatic rings. The summed E-state index contributed by atoms with van der Waals surface area (Å²) in [6, 6.07) is 4.05. The summed E-state index contributed by atoms with van der Waals surface area (Å²) in [5.74, 6) is 2.01. The number of nitrogens with zero attached hydrogens (tertiary/aromatic N) is 1. The van der Waals surface area contributed by atoms with Crippen molar-refractivity contribution in [3.8, 4) is 0 Å². The molecule has 0 radical (unpaired) electrons. The van der Waals surface area contributed by atoms with Crippen LogP contribution in [0.2, 0.25) is 0 Å². The Balaban J connectivity index is 1.59. The van der Waals surface area contributed by atoms with Crippen molar-refractivity contribution in [2.75, 3.05) is 39.3 Å². The van der Waals surface area contributed by atoms with Gasteiger partial charge in [0.15, 0.2) is 0 Å². The van der Waals surface area contributed by atoms with Crippen molar-refractivity contribution in [2.45, 2.75) is 19.9 Å². The molecule has 0 atom stereocenters. The zero-order valence-electron chi connectivity index (χ0n) is 10.7. The second-order valence-corrected chi connectivity index (χ2v) is 4.63. The summed E-state index contributed by atoms with van der Waals surface area (Å²) in [6.45, 7) is 9.64. The predicted octanol–water partition coefficient (Wildman–Crippen LogP) is 0.973. The Kier molecular flexibility index (Phi) is 5.04. The number of hydrogen-bond donors (Lipinski definition) is 2. The molecule has 4 nitrogen and oxygen atoms in total. The molecular weight excluding hydrogens is 214 g/mol. The Morgan fingerprint density at radius 1 is 1.35 bits per heavy atom. The van der Waals surface area contributed by atoms with Gasteiger partial charge in [0.25, 0.3) is 0 Å². The molecule has 0 amide bonds. The molecule has 1 aliphatic heterocycles. The van der Waals surface area contributed by atoms with E-state index in [1.165, 1.54) is 19.5 Å². The lowest BCUT2D eigenvalue weighted by molar-refractivity contribution is 0.289. The third kappa shape index (κ3) is 4.50. The van der Waals surface area contributed by atoms with Crippen LogP contribution in [0.4, 0.5) is 0 Å². The quantitative estimate of drug-likeness (QED) is 0.749. The third-order valence-corrected chi connectivity index (χ3v) is 3.13. The zero-order chi connectivity index (χ0) is 11.9. The third-order valence-electron chi connectivity index (χ3n) is 3.13. The van der Waals surface area contributed by atoms with E-state index in [1.54, 1.807) is 0 Å². The lowest BCUT2D eigenvalue weighted by Crippen LogP contribution is -2.34. The van der Waals surface area contributed by atoms with E-state index in [1.807, 2.05) is 19.1 Å². The van der Waals surface area contributed by atoms with Gasteiger partial charge in [-0.05, 0) is 38.6 Å². The van der Waals surface area contributed by atoms with Crippen LogP contribution >= 0.6 is 0 Å². The van der Waals surface area contributed by atoms with Crippen molar-refractivity contribution >= 4 is 0 Å². The van der Waals surface area contributed by atoms with Gasteiger partial charge in [0.1, 0.15) is 11.5 Å². The van der Waals surface area contributed by atoms with E-state index in [4.69, 9.17) is 4.42 Å². The highest BCUT2D eigenvalue weighted by molar-refractivity contribution is 5.05. The van der Waals surface area contributed by atoms with E-state index in [0.717, 1.165) is 44.2 Å². The zero-order valence-corrected chi connectivity index (χ0v) is 10.7. The first-order valence-corrected chi connectivity index (χ1v) is 6.54. The monoisotopic (exact) mass is 237 g/mol. The van der Waals surface area contributed by atoms with Crippen molar-refractivity contribution in [3.05, 3.63) is 23.7 Å². The van der Waals surface area contributed by atoms with Gasteiger partial charge in [0.2, 0.25) is 0 Å². The molecule has 17 heavy (non-hydrogen) atoms. The lowest BCUT2D eigenvalue weighted by atomic mass is 10.4. The number of aryl methyl sites for hydroxylation is 1. The summed E-state index contributed by atoms with van der Waals surface area (Å²) in [6.07, 6.45) is 1.26. The molecule has 0 bridgehead atoms. The smallest absolute Gasteiger partial charge is 0.117 e. The van der Waals surface area contributed by atoms with E-state index in [-0.39, 0.29) is 0 Å². The molecule has 4 heteroatoms. The van der Waals surface area contributed by atoms with E-state index in [9.17, 15) is 0 Å². The van der Waals surface area contributed by atoms with Crippen LogP contribution in [0.1, 0.15) is 17.9 Å². The minimum atomic E-state index is 0.833. The minimum absolute atomic E-state index is 0.833. The fourth-order valence-corrected chi connectivity index (χ4v) is 2.15. The molecule has 0 saturated carbocycles. The van der Waals surface area contributed by atoms with Crippen molar-refractivity contribution in [2.24, 2.45) is 0 Å². The maximum Gasteiger partial charge on any atom is 0.117 e. The van der Waals surface area contributed by atoms with Gasteiger partial charge < -0.3 is 20.0 Å². The Bertz CT molecular complexity index is 316. The van der Waals surface area contributed by atoms with Crippen LogP contribution in [-0.4, -0.2) is 44.2 Å². The van der Waals surface area contributed by atoms with Crippen LogP contribution < -0.4 is 10.6 Å². The summed E-state index contributed by atoms with van der Waals surface area (Å²) in [5.41, 5.74) is 0. The summed E-state index contributed by atoms with van der Waals surface area (Å²) >= 11 is 0. The van der Waals surface area contributed by atoms with Crippen molar-refractivity contribution in [3.63, 3.8) is 0 Å². The molecule has 96 valence electrons. The van der Waals surface area contributed by atoms with Gasteiger partial charge >= 0.3 is 0 Å². The van der Waals surface area contributed by atoms with Crippen LogP contribution in [0.3, 0.4) is 0 Å². The molecule has 1 saturated heterocycles. The number of furan rings is 1. The van der Waals surface area contributed by atoms with Crippen LogP contribution in [0.25, 0.3) is 0 Å². The van der Waals surface area contributed by atoms with E-state index in [0.29, 0.717) is 0 Å². The fraction of sp³-hybridized carbons (Fsp3) is 0.692. The van der Waals surface area contributed by atoms with Crippen LogP contribution in [0.5, 0.6) is 0 Å². The first-order chi connectivity index (χ1) is 8.34. The first-order valence-electron chi connectivity index (χ1n) is 6.54.